The van der Waals surface area contributed by atoms with E-state index >= 15 is 0 Å². The molecule has 3 aromatic carbocycles. The van der Waals surface area contributed by atoms with E-state index in [-0.39, 0.29) is 9.49 Å². The molecule has 5 heteroatoms. The Kier molecular flexibility index (Phi) is 12.3. The molecule has 4 aromatic rings. The second-order valence-electron chi connectivity index (χ2n) is 15.3. The molecule has 0 aliphatic heterocycles. The van der Waals surface area contributed by atoms with Gasteiger partial charge in [-0.25, -0.2) is 4.98 Å². The van der Waals surface area contributed by atoms with Crippen LogP contribution in [0.4, 0.5) is 0 Å². The Labute approximate surface area is 289 Å². The number of benzene rings is 3. The van der Waals surface area contributed by atoms with Crippen molar-refractivity contribution in [2.75, 3.05) is 0 Å². The van der Waals surface area contributed by atoms with E-state index in [1.807, 2.05) is 46.8 Å². The minimum Gasteiger partial charge on any atom is -0.306 e. The molecule has 2 aliphatic rings. The first-order valence-corrected chi connectivity index (χ1v) is 19.3. The number of rotatable bonds is 7. The molecule has 0 N–H and O–H groups in total. The lowest BCUT2D eigenvalue weighted by atomic mass is 9.32. The standard InChI is InChI=1S/C26H37BS2.C15H18N2/c1-25(2,3)28-23-16-12-21(13-17-23)27(20-10-8-7-9-11-20)22-14-18-24(19-15-22)29-26(4,5)6;1-2-4-13(5-3-1)14-6-8-15(9-7-14)17-11-10-16-12-17/h12-20H,7-11H2,1-6H3;6-13H,1-5H2. The normalized spacial score (nSPS) is 16.5. The number of hydrogen-bond acceptors (Lipinski definition) is 3. The van der Waals surface area contributed by atoms with Crippen molar-refractivity contribution in [2.24, 2.45) is 0 Å². The number of aromatic nitrogens is 2. The average Bonchev–Trinajstić information content (AvgIpc) is 3.58. The quantitative estimate of drug-likeness (QED) is 0.146. The summed E-state index contributed by atoms with van der Waals surface area (Å²) in [7, 11) is 0. The maximum atomic E-state index is 4.07. The van der Waals surface area contributed by atoms with Crippen LogP contribution in [0.15, 0.2) is 101 Å². The van der Waals surface area contributed by atoms with Crippen LogP contribution >= 0.6 is 23.5 Å². The van der Waals surface area contributed by atoms with Crippen molar-refractivity contribution in [3.8, 4) is 5.69 Å². The predicted molar refractivity (Wildman–Crippen MR) is 205 cm³/mol. The van der Waals surface area contributed by atoms with Crippen molar-refractivity contribution in [1.29, 1.82) is 0 Å². The molecule has 0 radical (unpaired) electrons. The van der Waals surface area contributed by atoms with Crippen LogP contribution in [0.25, 0.3) is 5.69 Å². The second-order valence-corrected chi connectivity index (χ2v) is 19.1. The molecule has 0 saturated heterocycles. The molecule has 2 fully saturated rings. The highest BCUT2D eigenvalue weighted by molar-refractivity contribution is 8.00. The number of hydrogen-bond donors (Lipinski definition) is 0. The molecule has 0 spiro atoms. The molecule has 0 bridgehead atoms. The van der Waals surface area contributed by atoms with Crippen LogP contribution < -0.4 is 10.9 Å². The zero-order valence-corrected chi connectivity index (χ0v) is 30.8. The summed E-state index contributed by atoms with van der Waals surface area (Å²) in [4.78, 5) is 6.82. The van der Waals surface area contributed by atoms with Gasteiger partial charge >= 0.3 is 0 Å². The Balaban J connectivity index is 0.000000207. The first-order valence-electron chi connectivity index (χ1n) is 17.7. The van der Waals surface area contributed by atoms with Gasteiger partial charge in [-0.2, -0.15) is 0 Å². The highest BCUT2D eigenvalue weighted by Gasteiger charge is 2.30. The molecule has 2 aliphatic carbocycles. The Morgan fingerprint density at radius 1 is 0.609 bits per heavy atom. The fraction of sp³-hybridized carbons (Fsp3) is 0.488. The molecular formula is C41H55BN2S2. The molecular weight excluding hydrogens is 595 g/mol. The maximum absolute atomic E-state index is 4.07. The highest BCUT2D eigenvalue weighted by Crippen LogP contribution is 2.35. The monoisotopic (exact) mass is 650 g/mol. The first-order chi connectivity index (χ1) is 22.0. The van der Waals surface area contributed by atoms with Crippen molar-refractivity contribution in [3.63, 3.8) is 0 Å². The van der Waals surface area contributed by atoms with Gasteiger partial charge in [0, 0.05) is 37.4 Å². The lowest BCUT2D eigenvalue weighted by Gasteiger charge is -2.29. The maximum Gasteiger partial charge on any atom is 0.212 e. The minimum absolute atomic E-state index is 0.255. The third-order valence-corrected chi connectivity index (χ3v) is 11.5. The number of nitrogens with zero attached hydrogens (tertiary/aromatic N) is 2. The minimum atomic E-state index is 0.255. The fourth-order valence-electron chi connectivity index (χ4n) is 7.16. The SMILES string of the molecule is CC(C)(C)Sc1ccc(B(c2ccc(SC(C)(C)C)cc2)C2CCCCC2)cc1.c1cn(-c2ccc(C3CCCCC3)cc2)cn1. The van der Waals surface area contributed by atoms with Crippen LogP contribution in [0.3, 0.4) is 0 Å². The van der Waals surface area contributed by atoms with Crippen LogP contribution in [0.2, 0.25) is 5.82 Å². The topological polar surface area (TPSA) is 17.8 Å². The van der Waals surface area contributed by atoms with Crippen molar-refractivity contribution in [2.45, 2.75) is 137 Å². The van der Waals surface area contributed by atoms with Gasteiger partial charge in [-0.05, 0) is 60.7 Å². The van der Waals surface area contributed by atoms with Gasteiger partial charge in [-0.1, -0.05) is 146 Å². The fourth-order valence-corrected chi connectivity index (χ4v) is 9.12. The van der Waals surface area contributed by atoms with E-state index in [1.165, 1.54) is 96.2 Å². The van der Waals surface area contributed by atoms with Crippen LogP contribution in [-0.2, 0) is 0 Å². The summed E-state index contributed by atoms with van der Waals surface area (Å²) in [6.07, 6.45) is 19.5. The molecule has 244 valence electrons. The Hall–Kier alpha value is -2.37. The number of thioether (sulfide) groups is 2. The van der Waals surface area contributed by atoms with E-state index in [0.29, 0.717) is 6.71 Å². The van der Waals surface area contributed by atoms with Gasteiger partial charge < -0.3 is 4.57 Å². The molecule has 2 saturated carbocycles. The summed E-state index contributed by atoms with van der Waals surface area (Å²) >= 11 is 3.91. The Morgan fingerprint density at radius 2 is 1.09 bits per heavy atom. The van der Waals surface area contributed by atoms with E-state index in [9.17, 15) is 0 Å². The molecule has 46 heavy (non-hydrogen) atoms. The lowest BCUT2D eigenvalue weighted by molar-refractivity contribution is 0.443. The average molecular weight is 651 g/mol. The molecule has 6 rings (SSSR count). The largest absolute Gasteiger partial charge is 0.306 e. The molecule has 0 unspecified atom stereocenters. The zero-order valence-electron chi connectivity index (χ0n) is 29.2. The van der Waals surface area contributed by atoms with E-state index in [1.54, 1.807) is 0 Å². The summed E-state index contributed by atoms with van der Waals surface area (Å²) in [6.45, 7) is 14.2. The molecule has 1 heterocycles. The Bertz CT molecular complexity index is 1380. The van der Waals surface area contributed by atoms with E-state index in [0.717, 1.165) is 11.7 Å². The number of imidazole rings is 1. The molecule has 0 amide bonds. The smallest absolute Gasteiger partial charge is 0.212 e. The van der Waals surface area contributed by atoms with Gasteiger partial charge in [0.05, 0.1) is 6.33 Å². The van der Waals surface area contributed by atoms with Crippen molar-refractivity contribution < 1.29 is 0 Å². The summed E-state index contributed by atoms with van der Waals surface area (Å²) in [5.74, 6) is 1.56. The van der Waals surface area contributed by atoms with E-state index < -0.39 is 0 Å². The molecule has 2 nitrogen and oxygen atoms in total. The van der Waals surface area contributed by atoms with Crippen molar-refractivity contribution in [3.05, 3.63) is 97.1 Å². The van der Waals surface area contributed by atoms with Gasteiger partial charge in [-0.15, -0.1) is 23.5 Å². The van der Waals surface area contributed by atoms with E-state index in [4.69, 9.17) is 0 Å². The van der Waals surface area contributed by atoms with Crippen molar-refractivity contribution >= 4 is 41.2 Å². The third kappa shape index (κ3) is 10.6. The van der Waals surface area contributed by atoms with Gasteiger partial charge in [-0.3, -0.25) is 0 Å². The molecule has 0 atom stereocenters. The van der Waals surface area contributed by atoms with Gasteiger partial charge in [0.2, 0.25) is 6.71 Å². The first kappa shape index (κ1) is 35.0. The van der Waals surface area contributed by atoms with E-state index in [2.05, 4.69) is 119 Å². The van der Waals surface area contributed by atoms with Gasteiger partial charge in [0.1, 0.15) is 0 Å². The molecule has 1 aromatic heterocycles. The van der Waals surface area contributed by atoms with Gasteiger partial charge in [0.15, 0.2) is 0 Å². The predicted octanol–water partition coefficient (Wildman–Crippen LogP) is 11.3. The van der Waals surface area contributed by atoms with Crippen molar-refractivity contribution in [1.82, 2.24) is 9.55 Å². The summed E-state index contributed by atoms with van der Waals surface area (Å²) in [5.41, 5.74) is 5.69. The van der Waals surface area contributed by atoms with Crippen LogP contribution in [0.1, 0.15) is 117 Å². The van der Waals surface area contributed by atoms with Crippen LogP contribution in [0.5, 0.6) is 0 Å². The van der Waals surface area contributed by atoms with Gasteiger partial charge in [0.25, 0.3) is 0 Å². The summed E-state index contributed by atoms with van der Waals surface area (Å²) in [6, 6.07) is 27.9. The van der Waals surface area contributed by atoms with Crippen LogP contribution in [0, 0.1) is 0 Å². The summed E-state index contributed by atoms with van der Waals surface area (Å²) < 4.78 is 2.56. The second kappa shape index (κ2) is 16.2. The zero-order chi connectivity index (χ0) is 32.6. The summed E-state index contributed by atoms with van der Waals surface area (Å²) in [5, 5.41) is 0. The van der Waals surface area contributed by atoms with Crippen LogP contribution in [-0.4, -0.2) is 25.8 Å². The Morgan fingerprint density at radius 3 is 1.52 bits per heavy atom. The lowest BCUT2D eigenvalue weighted by Crippen LogP contribution is -2.46. The third-order valence-electron chi connectivity index (χ3n) is 9.22. The highest BCUT2D eigenvalue weighted by atomic mass is 32.2.